The lowest BCUT2D eigenvalue weighted by Gasteiger charge is -2.31. The molecule has 0 aliphatic carbocycles. The van der Waals surface area contributed by atoms with E-state index in [4.69, 9.17) is 0 Å². The van der Waals surface area contributed by atoms with Crippen LogP contribution in [0.3, 0.4) is 0 Å². The zero-order chi connectivity index (χ0) is 15.2. The van der Waals surface area contributed by atoms with Gasteiger partial charge in [-0.25, -0.2) is 17.6 Å². The number of halogens is 5. The average molecular weight is 342 g/mol. The highest BCUT2D eigenvalue weighted by Gasteiger charge is 2.28. The Kier molecular flexibility index (Phi) is 8.14. The summed E-state index contributed by atoms with van der Waals surface area (Å²) in [6.45, 7) is 1.54. The minimum Gasteiger partial charge on any atom is -0.343 e. The summed E-state index contributed by atoms with van der Waals surface area (Å²) in [6, 6.07) is 5.87. The van der Waals surface area contributed by atoms with Gasteiger partial charge in [-0.3, -0.25) is 0 Å². The first-order valence-corrected chi connectivity index (χ1v) is 7.08. The second kappa shape index (κ2) is 9.33. The molecule has 0 bridgehead atoms. The van der Waals surface area contributed by atoms with Crippen LogP contribution in [-0.4, -0.2) is 32.5 Å². The zero-order valence-electron chi connectivity index (χ0n) is 12.0. The Morgan fingerprint density at radius 1 is 1.09 bits per heavy atom. The Balaban J connectivity index is 0.00000242. The maximum Gasteiger partial charge on any atom is 0.293 e. The van der Waals surface area contributed by atoms with Gasteiger partial charge in [0.25, 0.3) is 12.8 Å². The van der Waals surface area contributed by atoms with E-state index in [1.165, 1.54) is 12.1 Å². The predicted octanol–water partition coefficient (Wildman–Crippen LogP) is 3.91. The highest BCUT2D eigenvalue weighted by molar-refractivity contribution is 5.85. The first-order chi connectivity index (χ1) is 10.1. The number of hydrogen-bond acceptors (Lipinski definition) is 2. The molecule has 2 nitrogen and oxygen atoms in total. The molecule has 2 rings (SSSR count). The standard InChI is InChI=1S/C15H19F4NO.ClH/c16-12-3-1-10(2-4-12)13(9-21-15(19)14(17)18)11-5-7-20-8-6-11;/h1-4,11,13-15,20H,5-9H2;1H. The van der Waals surface area contributed by atoms with E-state index in [-0.39, 0.29) is 36.7 Å². The van der Waals surface area contributed by atoms with E-state index >= 15 is 0 Å². The van der Waals surface area contributed by atoms with Crippen molar-refractivity contribution in [2.24, 2.45) is 5.92 Å². The second-order valence-electron chi connectivity index (χ2n) is 5.26. The van der Waals surface area contributed by atoms with Crippen LogP contribution in [0.5, 0.6) is 0 Å². The molecule has 22 heavy (non-hydrogen) atoms. The molecule has 2 unspecified atom stereocenters. The molecule has 0 aromatic heterocycles. The Morgan fingerprint density at radius 3 is 2.23 bits per heavy atom. The fourth-order valence-electron chi connectivity index (χ4n) is 2.73. The zero-order valence-corrected chi connectivity index (χ0v) is 12.8. The lowest BCUT2D eigenvalue weighted by atomic mass is 9.81. The van der Waals surface area contributed by atoms with Gasteiger partial charge in [-0.05, 0) is 49.5 Å². The number of piperidine rings is 1. The maximum absolute atomic E-state index is 13.0. The number of benzene rings is 1. The molecular formula is C15H20ClF4NO. The van der Waals surface area contributed by atoms with Gasteiger partial charge < -0.3 is 10.1 Å². The summed E-state index contributed by atoms with van der Waals surface area (Å²) < 4.78 is 55.1. The Bertz CT molecular complexity index is 426. The van der Waals surface area contributed by atoms with Gasteiger partial charge in [0.15, 0.2) is 0 Å². The van der Waals surface area contributed by atoms with Crippen LogP contribution in [0.1, 0.15) is 24.3 Å². The Hall–Kier alpha value is -0.850. The van der Waals surface area contributed by atoms with Crippen molar-refractivity contribution in [3.63, 3.8) is 0 Å². The summed E-state index contributed by atoms with van der Waals surface area (Å²) in [5, 5.41) is 3.22. The van der Waals surface area contributed by atoms with Crippen molar-refractivity contribution in [3.8, 4) is 0 Å². The van der Waals surface area contributed by atoms with Crippen LogP contribution < -0.4 is 5.32 Å². The van der Waals surface area contributed by atoms with Gasteiger partial charge in [0.2, 0.25) is 0 Å². The highest BCUT2D eigenvalue weighted by Crippen LogP contribution is 2.32. The third-order valence-electron chi connectivity index (χ3n) is 3.88. The molecular weight excluding hydrogens is 322 g/mol. The molecule has 1 aromatic carbocycles. The van der Waals surface area contributed by atoms with Crippen LogP contribution in [0.25, 0.3) is 0 Å². The molecule has 0 amide bonds. The van der Waals surface area contributed by atoms with Gasteiger partial charge in [0.05, 0.1) is 6.61 Å². The summed E-state index contributed by atoms with van der Waals surface area (Å²) in [5.74, 6) is -0.356. The third kappa shape index (κ3) is 5.41. The molecule has 1 N–H and O–H groups in total. The van der Waals surface area contributed by atoms with E-state index in [0.29, 0.717) is 0 Å². The number of rotatable bonds is 6. The van der Waals surface area contributed by atoms with Crippen molar-refractivity contribution in [1.82, 2.24) is 5.32 Å². The molecule has 1 saturated heterocycles. The summed E-state index contributed by atoms with van der Waals surface area (Å²) in [4.78, 5) is 0. The number of hydrogen-bond donors (Lipinski definition) is 1. The summed E-state index contributed by atoms with van der Waals surface area (Å²) in [7, 11) is 0. The number of ether oxygens (including phenoxy) is 1. The van der Waals surface area contributed by atoms with Crippen LogP contribution in [0.15, 0.2) is 24.3 Å². The van der Waals surface area contributed by atoms with E-state index in [1.54, 1.807) is 12.1 Å². The summed E-state index contributed by atoms with van der Waals surface area (Å²) in [5.41, 5.74) is 0.796. The Labute approximate surface area is 133 Å². The smallest absolute Gasteiger partial charge is 0.293 e. The summed E-state index contributed by atoms with van der Waals surface area (Å²) in [6.07, 6.45) is -4.00. The van der Waals surface area contributed by atoms with Gasteiger partial charge >= 0.3 is 0 Å². The van der Waals surface area contributed by atoms with Crippen LogP contribution in [-0.2, 0) is 4.74 Å². The van der Waals surface area contributed by atoms with Crippen molar-refractivity contribution in [2.45, 2.75) is 31.5 Å². The molecule has 2 atom stereocenters. The average Bonchev–Trinajstić information content (AvgIpc) is 2.50. The number of alkyl halides is 3. The molecule has 1 aliphatic heterocycles. The van der Waals surface area contributed by atoms with Crippen molar-refractivity contribution in [1.29, 1.82) is 0 Å². The monoisotopic (exact) mass is 341 g/mol. The van der Waals surface area contributed by atoms with Crippen molar-refractivity contribution in [3.05, 3.63) is 35.6 Å². The van der Waals surface area contributed by atoms with Crippen LogP contribution in [0.2, 0.25) is 0 Å². The minimum absolute atomic E-state index is 0. The van der Waals surface area contributed by atoms with E-state index in [0.717, 1.165) is 31.5 Å². The topological polar surface area (TPSA) is 21.3 Å². The van der Waals surface area contributed by atoms with Gasteiger partial charge in [-0.15, -0.1) is 12.4 Å². The van der Waals surface area contributed by atoms with Crippen molar-refractivity contribution >= 4 is 12.4 Å². The third-order valence-corrected chi connectivity index (χ3v) is 3.88. The molecule has 7 heteroatoms. The molecule has 0 radical (unpaired) electrons. The number of nitrogens with one attached hydrogen (secondary N) is 1. The largest absolute Gasteiger partial charge is 0.343 e. The molecule has 1 fully saturated rings. The molecule has 126 valence electrons. The van der Waals surface area contributed by atoms with Crippen LogP contribution in [0, 0.1) is 11.7 Å². The van der Waals surface area contributed by atoms with Crippen LogP contribution >= 0.6 is 12.4 Å². The van der Waals surface area contributed by atoms with Gasteiger partial charge in [0, 0.05) is 5.92 Å². The highest BCUT2D eigenvalue weighted by atomic mass is 35.5. The van der Waals surface area contributed by atoms with E-state index in [9.17, 15) is 17.6 Å². The lowest BCUT2D eigenvalue weighted by Crippen LogP contribution is -2.33. The van der Waals surface area contributed by atoms with Gasteiger partial charge in [0.1, 0.15) is 5.82 Å². The molecule has 0 spiro atoms. The molecule has 1 aromatic rings. The Morgan fingerprint density at radius 2 is 1.68 bits per heavy atom. The molecule has 1 heterocycles. The van der Waals surface area contributed by atoms with E-state index in [1.807, 2.05) is 0 Å². The van der Waals surface area contributed by atoms with Crippen molar-refractivity contribution < 1.29 is 22.3 Å². The van der Waals surface area contributed by atoms with E-state index < -0.39 is 12.8 Å². The van der Waals surface area contributed by atoms with E-state index in [2.05, 4.69) is 10.1 Å². The fourth-order valence-corrected chi connectivity index (χ4v) is 2.73. The van der Waals surface area contributed by atoms with Gasteiger partial charge in [-0.1, -0.05) is 12.1 Å². The van der Waals surface area contributed by atoms with Crippen LogP contribution in [0.4, 0.5) is 17.6 Å². The van der Waals surface area contributed by atoms with Gasteiger partial charge in [-0.2, -0.15) is 0 Å². The molecule has 0 saturated carbocycles. The maximum atomic E-state index is 13.0. The minimum atomic E-state index is -3.15. The first kappa shape index (κ1) is 19.2. The fraction of sp³-hybridized carbons (Fsp3) is 0.600. The van der Waals surface area contributed by atoms with Crippen molar-refractivity contribution in [2.75, 3.05) is 19.7 Å². The summed E-state index contributed by atoms with van der Waals surface area (Å²) >= 11 is 0. The lowest BCUT2D eigenvalue weighted by molar-refractivity contribution is -0.134. The quantitative estimate of drug-likeness (QED) is 0.792. The predicted molar refractivity (Wildman–Crippen MR) is 78.8 cm³/mol. The second-order valence-corrected chi connectivity index (χ2v) is 5.26. The molecule has 1 aliphatic rings. The normalized spacial score (nSPS) is 18.8. The first-order valence-electron chi connectivity index (χ1n) is 7.08. The SMILES string of the molecule is Cl.Fc1ccc(C(COC(F)C(F)F)C2CCNCC2)cc1.